The van der Waals surface area contributed by atoms with Crippen LogP contribution < -0.4 is 0 Å². The van der Waals surface area contributed by atoms with Crippen molar-refractivity contribution in [3.05, 3.63) is 11.6 Å². The maximum Gasteiger partial charge on any atom is 0.399 e. The highest BCUT2D eigenvalue weighted by Crippen LogP contribution is 2.00. The molecule has 18 heavy (non-hydrogen) atoms. The number of hydrogen-bond acceptors (Lipinski definition) is 6. The molecule has 0 saturated heterocycles. The van der Waals surface area contributed by atoms with Crippen LogP contribution in [0.3, 0.4) is 0 Å². The lowest BCUT2D eigenvalue weighted by Gasteiger charge is -2.09. The molecular formula is C10H19NO6S. The first kappa shape index (κ1) is 17.0. The summed E-state index contributed by atoms with van der Waals surface area (Å²) >= 11 is 0. The molecule has 0 atom stereocenters. The molecule has 0 saturated carbocycles. The fourth-order valence-corrected chi connectivity index (χ4v) is 1.52. The summed E-state index contributed by atoms with van der Waals surface area (Å²) in [5.41, 5.74) is 0.143. The minimum atomic E-state index is -4.00. The first-order chi connectivity index (χ1) is 8.24. The van der Waals surface area contributed by atoms with Gasteiger partial charge in [0.2, 0.25) is 0 Å². The number of carboxylic acid groups (broad SMARTS) is 1. The van der Waals surface area contributed by atoms with Gasteiger partial charge < -0.3 is 10.0 Å². The van der Waals surface area contributed by atoms with Gasteiger partial charge in [-0.05, 0) is 27.4 Å². The third-order valence-corrected chi connectivity index (χ3v) is 2.81. The Hall–Kier alpha value is -0.960. The Labute approximate surface area is 107 Å². The molecule has 7 nitrogen and oxygen atoms in total. The van der Waals surface area contributed by atoms with Crippen LogP contribution in [-0.2, 0) is 23.6 Å². The lowest BCUT2D eigenvalue weighted by molar-refractivity contribution is -0.132. The molecular weight excluding hydrogens is 262 g/mol. The Kier molecular flexibility index (Phi) is 7.76. The topological polar surface area (TPSA) is 93.1 Å². The largest absolute Gasteiger partial charge is 0.478 e. The summed E-state index contributed by atoms with van der Waals surface area (Å²) < 4.78 is 31.5. The summed E-state index contributed by atoms with van der Waals surface area (Å²) in [6.45, 7) is 1.75. The smallest absolute Gasteiger partial charge is 0.399 e. The quantitative estimate of drug-likeness (QED) is 0.478. The molecule has 0 aromatic heterocycles. The zero-order valence-corrected chi connectivity index (χ0v) is 11.6. The van der Waals surface area contributed by atoms with Crippen molar-refractivity contribution in [3.63, 3.8) is 0 Å². The van der Waals surface area contributed by atoms with Crippen LogP contribution in [-0.4, -0.2) is 58.2 Å². The predicted octanol–water partition coefficient (Wildman–Crippen LogP) is 0.247. The van der Waals surface area contributed by atoms with Crippen LogP contribution in [0.15, 0.2) is 11.6 Å². The highest BCUT2D eigenvalue weighted by Gasteiger charge is 2.11. The first-order valence-electron chi connectivity index (χ1n) is 5.33. The van der Waals surface area contributed by atoms with Gasteiger partial charge in [0.15, 0.2) is 0 Å². The van der Waals surface area contributed by atoms with Crippen LogP contribution in [0.5, 0.6) is 0 Å². The number of likely N-dealkylation sites (N-methyl/N-ethyl adjacent to an activating group) is 1. The fourth-order valence-electron chi connectivity index (χ4n) is 0.869. The van der Waals surface area contributed by atoms with Crippen LogP contribution in [0.2, 0.25) is 0 Å². The molecule has 0 heterocycles. The summed E-state index contributed by atoms with van der Waals surface area (Å²) in [5, 5.41) is 8.55. The molecule has 0 rings (SSSR count). The molecule has 0 fully saturated rings. The van der Waals surface area contributed by atoms with Gasteiger partial charge >= 0.3 is 16.4 Å². The highest BCUT2D eigenvalue weighted by molar-refractivity contribution is 7.81. The van der Waals surface area contributed by atoms with E-state index in [-0.39, 0.29) is 25.2 Å². The molecule has 0 aliphatic heterocycles. The van der Waals surface area contributed by atoms with E-state index in [9.17, 15) is 13.2 Å². The van der Waals surface area contributed by atoms with E-state index in [1.807, 2.05) is 0 Å². The molecule has 0 bridgehead atoms. The number of aliphatic carboxylic acids is 1. The number of nitrogens with zero attached hydrogens (tertiary/aromatic N) is 1. The standard InChI is InChI=1S/C10H19NO6S/c1-9(10(12)13)5-4-7-16-18(14,15)17-8-6-11(2)3/h5H,4,6-8H2,1-3H3,(H,12,13). The fraction of sp³-hybridized carbons (Fsp3) is 0.700. The summed E-state index contributed by atoms with van der Waals surface area (Å²) in [7, 11) is -0.423. The molecule has 0 spiro atoms. The second-order valence-electron chi connectivity index (χ2n) is 3.84. The summed E-state index contributed by atoms with van der Waals surface area (Å²) in [4.78, 5) is 12.2. The minimum Gasteiger partial charge on any atom is -0.478 e. The van der Waals surface area contributed by atoms with Crippen molar-refractivity contribution in [2.24, 2.45) is 0 Å². The van der Waals surface area contributed by atoms with E-state index in [2.05, 4.69) is 8.37 Å². The normalized spacial score (nSPS) is 13.0. The van der Waals surface area contributed by atoms with Crippen molar-refractivity contribution >= 4 is 16.4 Å². The summed E-state index contributed by atoms with van der Waals surface area (Å²) in [6, 6.07) is 0. The Morgan fingerprint density at radius 1 is 1.28 bits per heavy atom. The van der Waals surface area contributed by atoms with Gasteiger partial charge in [-0.15, -0.1) is 0 Å². The summed E-state index contributed by atoms with van der Waals surface area (Å²) in [6.07, 6.45) is 1.58. The van der Waals surface area contributed by atoms with Crippen LogP contribution >= 0.6 is 0 Å². The third-order valence-electron chi connectivity index (χ3n) is 1.90. The highest BCUT2D eigenvalue weighted by atomic mass is 32.3. The lowest BCUT2D eigenvalue weighted by Crippen LogP contribution is -2.21. The molecule has 0 aromatic rings. The molecule has 106 valence electrons. The van der Waals surface area contributed by atoms with Crippen molar-refractivity contribution in [2.75, 3.05) is 33.9 Å². The van der Waals surface area contributed by atoms with Crippen molar-refractivity contribution in [1.29, 1.82) is 0 Å². The average molecular weight is 281 g/mol. The Balaban J connectivity index is 3.91. The van der Waals surface area contributed by atoms with Crippen molar-refractivity contribution in [1.82, 2.24) is 4.90 Å². The van der Waals surface area contributed by atoms with E-state index in [4.69, 9.17) is 5.11 Å². The van der Waals surface area contributed by atoms with E-state index in [0.29, 0.717) is 6.54 Å². The molecule has 0 aliphatic carbocycles. The van der Waals surface area contributed by atoms with E-state index >= 15 is 0 Å². The molecule has 0 aromatic carbocycles. The minimum absolute atomic E-state index is 0.0132. The summed E-state index contributed by atoms with van der Waals surface area (Å²) in [5.74, 6) is -1.04. The van der Waals surface area contributed by atoms with E-state index < -0.39 is 16.4 Å². The first-order valence-corrected chi connectivity index (χ1v) is 6.66. The van der Waals surface area contributed by atoms with E-state index in [0.717, 1.165) is 0 Å². The Morgan fingerprint density at radius 3 is 2.33 bits per heavy atom. The number of rotatable bonds is 9. The molecule has 0 aliphatic rings. The third kappa shape index (κ3) is 9.11. The molecule has 0 unspecified atom stereocenters. The van der Waals surface area contributed by atoms with Crippen molar-refractivity contribution in [2.45, 2.75) is 13.3 Å². The van der Waals surface area contributed by atoms with Gasteiger partial charge in [-0.25, -0.2) is 13.2 Å². The molecule has 0 radical (unpaired) electrons. The number of carboxylic acids is 1. The van der Waals surface area contributed by atoms with Crippen molar-refractivity contribution < 1.29 is 26.7 Å². The monoisotopic (exact) mass is 281 g/mol. The van der Waals surface area contributed by atoms with Gasteiger partial charge in [0.1, 0.15) is 0 Å². The van der Waals surface area contributed by atoms with Gasteiger partial charge in [-0.1, -0.05) is 6.08 Å². The predicted molar refractivity (Wildman–Crippen MR) is 65.4 cm³/mol. The second kappa shape index (κ2) is 8.20. The zero-order valence-electron chi connectivity index (χ0n) is 10.7. The van der Waals surface area contributed by atoms with Crippen LogP contribution in [0.25, 0.3) is 0 Å². The van der Waals surface area contributed by atoms with Gasteiger partial charge in [0.25, 0.3) is 0 Å². The Morgan fingerprint density at radius 2 is 1.83 bits per heavy atom. The van der Waals surface area contributed by atoms with Crippen LogP contribution in [0.1, 0.15) is 13.3 Å². The van der Waals surface area contributed by atoms with E-state index in [1.54, 1.807) is 19.0 Å². The Bertz CT molecular complexity index is 387. The van der Waals surface area contributed by atoms with Gasteiger partial charge in [0.05, 0.1) is 13.2 Å². The van der Waals surface area contributed by atoms with Crippen LogP contribution in [0, 0.1) is 0 Å². The lowest BCUT2D eigenvalue weighted by atomic mass is 10.2. The average Bonchev–Trinajstić information content (AvgIpc) is 2.23. The second-order valence-corrected chi connectivity index (χ2v) is 5.12. The SMILES string of the molecule is CC(=CCCOS(=O)(=O)OCCN(C)C)C(=O)O. The number of carbonyl (C=O) groups is 1. The number of hydrogen-bond donors (Lipinski definition) is 1. The van der Waals surface area contributed by atoms with Gasteiger partial charge in [0, 0.05) is 12.1 Å². The van der Waals surface area contributed by atoms with Crippen molar-refractivity contribution in [3.8, 4) is 0 Å². The molecule has 8 heteroatoms. The maximum absolute atomic E-state index is 11.2. The maximum atomic E-state index is 11.2. The van der Waals surface area contributed by atoms with Gasteiger partial charge in [-0.3, -0.25) is 0 Å². The van der Waals surface area contributed by atoms with E-state index in [1.165, 1.54) is 13.0 Å². The molecule has 1 N–H and O–H groups in total. The van der Waals surface area contributed by atoms with Gasteiger partial charge in [-0.2, -0.15) is 8.42 Å². The molecule has 0 amide bonds. The van der Waals surface area contributed by atoms with Crippen LogP contribution in [0.4, 0.5) is 0 Å². The zero-order chi connectivity index (χ0) is 14.2.